The summed E-state index contributed by atoms with van der Waals surface area (Å²) in [5.41, 5.74) is -1.43. The molecule has 2 aromatic carbocycles. The van der Waals surface area contributed by atoms with E-state index < -0.39 is 54.5 Å². The fourth-order valence-corrected chi connectivity index (χ4v) is 3.03. The number of carbonyl (C=O) groups is 2. The maximum atomic E-state index is 13.6. The van der Waals surface area contributed by atoms with Gasteiger partial charge in [0.15, 0.2) is 6.61 Å². The number of amides is 2. The number of hydrogen-bond donors (Lipinski definition) is 1. The molecule has 1 heterocycles. The zero-order valence-corrected chi connectivity index (χ0v) is 15.1. The van der Waals surface area contributed by atoms with Crippen molar-refractivity contribution in [2.45, 2.75) is 24.8 Å². The number of anilines is 2. The third kappa shape index (κ3) is 4.50. The quantitative estimate of drug-likeness (QED) is 0.732. The van der Waals surface area contributed by atoms with Gasteiger partial charge in [-0.2, -0.15) is 26.3 Å². The molecule has 1 aliphatic heterocycles. The Bertz CT molecular complexity index is 958. The Hall–Kier alpha value is -3.24. The maximum absolute atomic E-state index is 13.6. The number of rotatable bonds is 3. The summed E-state index contributed by atoms with van der Waals surface area (Å²) in [5.74, 6) is -2.90. The lowest BCUT2D eigenvalue weighted by molar-refractivity contribution is -0.158. The van der Waals surface area contributed by atoms with Gasteiger partial charge in [0.05, 0.1) is 23.4 Å². The lowest BCUT2D eigenvalue weighted by Gasteiger charge is -2.31. The van der Waals surface area contributed by atoms with E-state index in [2.05, 4.69) is 5.32 Å². The van der Waals surface area contributed by atoms with E-state index in [4.69, 9.17) is 4.74 Å². The highest BCUT2D eigenvalue weighted by Crippen LogP contribution is 2.39. The van der Waals surface area contributed by atoms with Crippen LogP contribution < -0.4 is 15.0 Å². The zero-order chi connectivity index (χ0) is 22.1. The molecule has 2 aromatic rings. The van der Waals surface area contributed by atoms with E-state index in [9.17, 15) is 35.9 Å². The minimum Gasteiger partial charge on any atom is -0.483 e. The summed E-state index contributed by atoms with van der Waals surface area (Å²) in [6.07, 6.45) is -10.8. The molecule has 3 rings (SSSR count). The highest BCUT2D eigenvalue weighted by Gasteiger charge is 2.49. The van der Waals surface area contributed by atoms with Crippen molar-refractivity contribution in [1.29, 1.82) is 0 Å². The third-order valence-corrected chi connectivity index (χ3v) is 4.32. The van der Waals surface area contributed by atoms with Crippen molar-refractivity contribution in [2.24, 2.45) is 0 Å². The minimum absolute atomic E-state index is 0.0294. The first-order chi connectivity index (χ1) is 14.0. The molecular formula is C19H14F6N2O3. The molecule has 0 aliphatic carbocycles. The van der Waals surface area contributed by atoms with E-state index in [-0.39, 0.29) is 11.4 Å². The molecule has 160 valence electrons. The summed E-state index contributed by atoms with van der Waals surface area (Å²) >= 11 is 0. The van der Waals surface area contributed by atoms with Crippen molar-refractivity contribution >= 4 is 23.2 Å². The summed E-state index contributed by atoms with van der Waals surface area (Å²) in [4.78, 5) is 24.9. The average molecular weight is 432 g/mol. The van der Waals surface area contributed by atoms with Gasteiger partial charge in [0.1, 0.15) is 11.8 Å². The van der Waals surface area contributed by atoms with E-state index >= 15 is 0 Å². The van der Waals surface area contributed by atoms with Crippen molar-refractivity contribution in [1.82, 2.24) is 0 Å². The standard InChI is InChI=1S/C19H14F6N2O3/c20-18(21,22)11-5-1-4-8-14(11)30-10-17(29)27-13-7-3-2-6-12(13)26-16(28)9-15(27)19(23,24)25/h1-8,15H,9-10H2,(H,26,28)/t15-/m1/s1. The predicted molar refractivity (Wildman–Crippen MR) is 94.0 cm³/mol. The smallest absolute Gasteiger partial charge is 0.419 e. The number of alkyl halides is 6. The predicted octanol–water partition coefficient (Wildman–Crippen LogP) is 4.39. The Labute approximate surface area is 166 Å². The Morgan fingerprint density at radius 3 is 2.33 bits per heavy atom. The summed E-state index contributed by atoms with van der Waals surface area (Å²) in [7, 11) is 0. The second-order valence-corrected chi connectivity index (χ2v) is 6.37. The van der Waals surface area contributed by atoms with Crippen molar-refractivity contribution < 1.29 is 40.7 Å². The van der Waals surface area contributed by atoms with E-state index in [0.717, 1.165) is 18.2 Å². The molecule has 30 heavy (non-hydrogen) atoms. The lowest BCUT2D eigenvalue weighted by atomic mass is 10.1. The molecule has 0 radical (unpaired) electrons. The molecular weight excluding hydrogens is 418 g/mol. The molecule has 0 saturated heterocycles. The number of benzene rings is 2. The van der Waals surface area contributed by atoms with Crippen molar-refractivity contribution in [2.75, 3.05) is 16.8 Å². The lowest BCUT2D eigenvalue weighted by Crippen LogP contribution is -2.51. The molecule has 1 N–H and O–H groups in total. The summed E-state index contributed by atoms with van der Waals surface area (Å²) in [6, 6.07) is 6.84. The topological polar surface area (TPSA) is 58.6 Å². The third-order valence-electron chi connectivity index (χ3n) is 4.32. The molecule has 0 saturated carbocycles. The molecule has 0 bridgehead atoms. The van der Waals surface area contributed by atoms with Gasteiger partial charge in [0.25, 0.3) is 5.91 Å². The first-order valence-electron chi connectivity index (χ1n) is 8.55. The van der Waals surface area contributed by atoms with Crippen LogP contribution in [0.25, 0.3) is 0 Å². The van der Waals surface area contributed by atoms with Crippen LogP contribution in [0.5, 0.6) is 5.75 Å². The van der Waals surface area contributed by atoms with Gasteiger partial charge >= 0.3 is 12.4 Å². The van der Waals surface area contributed by atoms with Crippen LogP contribution in [-0.2, 0) is 15.8 Å². The molecule has 1 atom stereocenters. The number of ether oxygens (including phenoxy) is 1. The number of nitrogens with one attached hydrogen (secondary N) is 1. The monoisotopic (exact) mass is 432 g/mol. The molecule has 1 aliphatic rings. The Morgan fingerprint density at radius 2 is 1.67 bits per heavy atom. The van der Waals surface area contributed by atoms with E-state index in [1.54, 1.807) is 0 Å². The number of carbonyl (C=O) groups excluding carboxylic acids is 2. The fourth-order valence-electron chi connectivity index (χ4n) is 3.03. The van der Waals surface area contributed by atoms with Gasteiger partial charge in [-0.1, -0.05) is 24.3 Å². The van der Waals surface area contributed by atoms with E-state index in [1.165, 1.54) is 30.3 Å². The summed E-state index contributed by atoms with van der Waals surface area (Å²) < 4.78 is 85.0. The molecule has 0 unspecified atom stereocenters. The number of hydrogen-bond acceptors (Lipinski definition) is 3. The van der Waals surface area contributed by atoms with Crippen LogP contribution in [0.15, 0.2) is 48.5 Å². The van der Waals surface area contributed by atoms with Crippen LogP contribution in [0.1, 0.15) is 12.0 Å². The van der Waals surface area contributed by atoms with Gasteiger partial charge in [-0.25, -0.2) is 0 Å². The van der Waals surface area contributed by atoms with Gasteiger partial charge in [0, 0.05) is 0 Å². The zero-order valence-electron chi connectivity index (χ0n) is 15.1. The number of halogens is 6. The van der Waals surface area contributed by atoms with Gasteiger partial charge in [-0.3, -0.25) is 14.5 Å². The summed E-state index contributed by atoms with van der Waals surface area (Å²) in [6.45, 7) is -1.10. The fraction of sp³-hybridized carbons (Fsp3) is 0.263. The van der Waals surface area contributed by atoms with Crippen LogP contribution in [0.4, 0.5) is 37.7 Å². The minimum atomic E-state index is -4.96. The Balaban J connectivity index is 1.94. The van der Waals surface area contributed by atoms with Gasteiger partial charge < -0.3 is 10.1 Å². The van der Waals surface area contributed by atoms with Crippen molar-refractivity contribution in [3.8, 4) is 5.75 Å². The molecule has 2 amide bonds. The van der Waals surface area contributed by atoms with Crippen LogP contribution >= 0.6 is 0 Å². The van der Waals surface area contributed by atoms with E-state index in [0.29, 0.717) is 4.90 Å². The second-order valence-electron chi connectivity index (χ2n) is 6.37. The first-order valence-corrected chi connectivity index (χ1v) is 8.55. The molecule has 5 nitrogen and oxygen atoms in total. The average Bonchev–Trinajstić information content (AvgIpc) is 2.81. The summed E-state index contributed by atoms with van der Waals surface area (Å²) in [5, 5.41) is 2.29. The van der Waals surface area contributed by atoms with Crippen LogP contribution in [0, 0.1) is 0 Å². The maximum Gasteiger partial charge on any atom is 0.419 e. The van der Waals surface area contributed by atoms with Crippen molar-refractivity contribution in [3.05, 3.63) is 54.1 Å². The Morgan fingerprint density at radius 1 is 1.03 bits per heavy atom. The Kier molecular flexibility index (Phi) is 5.64. The highest BCUT2D eigenvalue weighted by molar-refractivity contribution is 6.05. The number of nitrogens with zero attached hydrogens (tertiary/aromatic N) is 1. The normalized spacial score (nSPS) is 17.1. The van der Waals surface area contributed by atoms with E-state index in [1.807, 2.05) is 0 Å². The number of para-hydroxylation sites is 3. The van der Waals surface area contributed by atoms with Crippen LogP contribution in [0.3, 0.4) is 0 Å². The van der Waals surface area contributed by atoms with Gasteiger partial charge in [-0.05, 0) is 24.3 Å². The van der Waals surface area contributed by atoms with Crippen molar-refractivity contribution in [3.63, 3.8) is 0 Å². The second kappa shape index (κ2) is 7.88. The van der Waals surface area contributed by atoms with Crippen LogP contribution in [-0.4, -0.2) is 30.6 Å². The number of fused-ring (bicyclic) bond motifs is 1. The highest BCUT2D eigenvalue weighted by atomic mass is 19.4. The first kappa shape index (κ1) is 21.5. The van der Waals surface area contributed by atoms with Gasteiger partial charge in [-0.15, -0.1) is 0 Å². The van der Waals surface area contributed by atoms with Gasteiger partial charge in [0.2, 0.25) is 5.91 Å². The SMILES string of the molecule is O=C1C[C@H](C(F)(F)F)N(C(=O)COc2ccccc2C(F)(F)F)c2ccccc2N1. The molecule has 0 fully saturated rings. The largest absolute Gasteiger partial charge is 0.483 e. The molecule has 0 spiro atoms. The van der Waals surface area contributed by atoms with Crippen LogP contribution in [0.2, 0.25) is 0 Å². The molecule has 0 aromatic heterocycles. The molecule has 11 heteroatoms.